The molecule has 5 nitrogen and oxygen atoms in total. The molecular weight excluding hydrogens is 518 g/mol. The Labute approximate surface area is 252 Å². The molecule has 2 aromatic carbocycles. The number of allylic oxidation sites excluding steroid dienone is 2. The van der Waals surface area contributed by atoms with Gasteiger partial charge in [-0.1, -0.05) is 101 Å². The molecule has 222 valence electrons. The van der Waals surface area contributed by atoms with Crippen LogP contribution in [0.15, 0.2) is 91.0 Å². The molecule has 1 aliphatic rings. The van der Waals surface area contributed by atoms with Gasteiger partial charge < -0.3 is 15.4 Å². The van der Waals surface area contributed by atoms with Crippen LogP contribution in [0.3, 0.4) is 0 Å². The Balaban J connectivity index is 0.00000237. The second-order valence-corrected chi connectivity index (χ2v) is 11.0. The monoisotopic (exact) mass is 565 g/mol. The van der Waals surface area contributed by atoms with Gasteiger partial charge in [0.05, 0.1) is 23.4 Å². The van der Waals surface area contributed by atoms with Gasteiger partial charge in [-0.15, -0.1) is 0 Å². The van der Waals surface area contributed by atoms with Crippen molar-refractivity contribution in [2.24, 2.45) is 23.7 Å². The van der Waals surface area contributed by atoms with Crippen molar-refractivity contribution >= 4 is 28.7 Å². The summed E-state index contributed by atoms with van der Waals surface area (Å²) in [5.41, 5.74) is 5.87. The topological polar surface area (TPSA) is 71.1 Å². The van der Waals surface area contributed by atoms with Crippen LogP contribution in [0.25, 0.3) is 16.5 Å². The van der Waals surface area contributed by atoms with Crippen LogP contribution in [0.2, 0.25) is 0 Å². The van der Waals surface area contributed by atoms with Crippen LogP contribution in [0.5, 0.6) is 0 Å². The summed E-state index contributed by atoms with van der Waals surface area (Å²) < 4.78 is 0. The highest BCUT2D eigenvalue weighted by molar-refractivity contribution is 5.84. The van der Waals surface area contributed by atoms with Crippen molar-refractivity contribution in [3.05, 3.63) is 108 Å². The van der Waals surface area contributed by atoms with E-state index in [-0.39, 0.29) is 23.8 Å². The largest absolute Gasteiger partial charge is 0.377 e. The summed E-state index contributed by atoms with van der Waals surface area (Å²) in [6, 6.07) is 20.9. The van der Waals surface area contributed by atoms with E-state index in [0.717, 1.165) is 41.8 Å². The van der Waals surface area contributed by atoms with Gasteiger partial charge in [-0.05, 0) is 72.6 Å². The van der Waals surface area contributed by atoms with Crippen molar-refractivity contribution in [3.8, 4) is 0 Å². The Morgan fingerprint density at radius 1 is 1.10 bits per heavy atom. The predicted molar refractivity (Wildman–Crippen MR) is 176 cm³/mol. The van der Waals surface area contributed by atoms with Crippen LogP contribution in [0.4, 0.5) is 0 Å². The molecule has 5 unspecified atom stereocenters. The maximum absolute atomic E-state index is 12.7. The summed E-state index contributed by atoms with van der Waals surface area (Å²) in [5, 5.41) is 8.83. The maximum atomic E-state index is 12.7. The fourth-order valence-corrected chi connectivity index (χ4v) is 5.90. The van der Waals surface area contributed by atoms with Crippen molar-refractivity contribution in [3.63, 3.8) is 0 Å². The van der Waals surface area contributed by atoms with Gasteiger partial charge in [0, 0.05) is 18.7 Å². The number of carbonyl (C=O) groups excluding carboxylic acids is 2. The van der Waals surface area contributed by atoms with Crippen LogP contribution >= 0.6 is 0 Å². The van der Waals surface area contributed by atoms with Gasteiger partial charge in [0.2, 0.25) is 5.91 Å². The van der Waals surface area contributed by atoms with Crippen LogP contribution in [0.1, 0.15) is 70.0 Å². The smallest absolute Gasteiger partial charge is 0.223 e. The zero-order chi connectivity index (χ0) is 30.8. The second kappa shape index (κ2) is 15.3. The highest BCUT2D eigenvalue weighted by atomic mass is 16.2. The molecule has 1 amide bonds. The summed E-state index contributed by atoms with van der Waals surface area (Å²) in [6.45, 7) is 18.9. The number of aromatic nitrogens is 1. The Morgan fingerprint density at radius 2 is 1.81 bits per heavy atom. The third kappa shape index (κ3) is 7.64. The zero-order valence-electron chi connectivity index (χ0n) is 26.1. The van der Waals surface area contributed by atoms with E-state index in [2.05, 4.69) is 91.2 Å². The number of fused-ring (bicyclic) bond motifs is 1. The number of aryl methyl sites for hydroxylation is 1. The predicted octanol–water partition coefficient (Wildman–Crippen LogP) is 7.99. The molecular formula is C37H47N3O2. The van der Waals surface area contributed by atoms with Crippen molar-refractivity contribution in [1.29, 1.82) is 0 Å². The lowest BCUT2D eigenvalue weighted by atomic mass is 9.65. The minimum absolute atomic E-state index is 0.0230. The van der Waals surface area contributed by atoms with Crippen LogP contribution < -0.4 is 10.6 Å². The molecule has 3 aromatic rings. The summed E-state index contributed by atoms with van der Waals surface area (Å²) >= 11 is 0. The first-order valence-corrected chi connectivity index (χ1v) is 15.2. The first-order chi connectivity index (χ1) is 20.2. The summed E-state index contributed by atoms with van der Waals surface area (Å²) in [6.07, 6.45) is 5.50. The molecule has 1 heterocycles. The second-order valence-electron chi connectivity index (χ2n) is 11.0. The molecule has 1 aromatic heterocycles. The van der Waals surface area contributed by atoms with E-state index in [0.29, 0.717) is 6.42 Å². The van der Waals surface area contributed by atoms with Gasteiger partial charge >= 0.3 is 0 Å². The standard InChI is InChI=1S/C35H41N3O2.C2H6/c1-7-26(17-30-20-31(35(40)36-6)32(21-39)24(4)23(30)3)18-34(38-25(5)33-14-10-11-22(2)37-33)29-16-15-27-12-8-9-13-28(27)19-29;1-2/h8-17,19,21,23,30-32,34,38H,4-5,7,18,20H2,1-3,6H3,(H,36,40);1-2H3/b26-17+;. The Morgan fingerprint density at radius 3 is 2.45 bits per heavy atom. The number of aldehydes is 1. The van der Waals surface area contributed by atoms with E-state index in [9.17, 15) is 9.59 Å². The van der Waals surface area contributed by atoms with Crippen LogP contribution in [-0.2, 0) is 9.59 Å². The number of rotatable bonds is 10. The minimum atomic E-state index is -0.443. The number of hydrogen-bond acceptors (Lipinski definition) is 4. The average molecular weight is 566 g/mol. The molecule has 5 heteroatoms. The van der Waals surface area contributed by atoms with E-state index in [1.807, 2.05) is 39.0 Å². The number of carbonyl (C=O) groups is 2. The molecule has 1 aliphatic carbocycles. The van der Waals surface area contributed by atoms with Gasteiger partial charge in [0.15, 0.2) is 0 Å². The number of nitrogens with zero attached hydrogens (tertiary/aromatic N) is 1. The van der Waals surface area contributed by atoms with Gasteiger partial charge in [-0.25, -0.2) is 0 Å². The third-order valence-electron chi connectivity index (χ3n) is 8.44. The normalized spacial score (nSPS) is 21.1. The quantitative estimate of drug-likeness (QED) is 0.193. The van der Waals surface area contributed by atoms with E-state index < -0.39 is 11.8 Å². The molecule has 4 rings (SSSR count). The van der Waals surface area contributed by atoms with E-state index in [1.54, 1.807) is 7.05 Å². The van der Waals surface area contributed by atoms with E-state index in [4.69, 9.17) is 0 Å². The number of amides is 1. The van der Waals surface area contributed by atoms with Gasteiger partial charge in [-0.3, -0.25) is 9.78 Å². The molecule has 0 radical (unpaired) electrons. The first kappa shape index (κ1) is 32.5. The molecule has 42 heavy (non-hydrogen) atoms. The first-order valence-electron chi connectivity index (χ1n) is 15.2. The fraction of sp³-hybridized carbons (Fsp3) is 0.378. The van der Waals surface area contributed by atoms with Gasteiger partial charge in [0.1, 0.15) is 6.29 Å². The van der Waals surface area contributed by atoms with E-state index >= 15 is 0 Å². The van der Waals surface area contributed by atoms with Gasteiger partial charge in [-0.2, -0.15) is 0 Å². The Bertz CT molecular complexity index is 1440. The molecule has 2 N–H and O–H groups in total. The highest BCUT2D eigenvalue weighted by Crippen LogP contribution is 2.42. The van der Waals surface area contributed by atoms with Crippen molar-refractivity contribution in [2.45, 2.75) is 59.9 Å². The number of nitrogens with one attached hydrogen (secondary N) is 2. The lowest BCUT2D eigenvalue weighted by Crippen LogP contribution is -2.41. The Hall–Kier alpha value is -3.99. The zero-order valence-corrected chi connectivity index (χ0v) is 26.1. The average Bonchev–Trinajstić information content (AvgIpc) is 3.02. The Kier molecular flexibility index (Phi) is 11.8. The fourth-order valence-electron chi connectivity index (χ4n) is 5.90. The third-order valence-corrected chi connectivity index (χ3v) is 8.44. The molecule has 0 aliphatic heterocycles. The SMILES string of the molecule is C=C(NC(C/C(=C/C1CC(C(=O)NC)C(C=O)C(=C)C1C)CC)c1ccc2ccccc2c1)c1cccc(C)n1.CC. The summed E-state index contributed by atoms with van der Waals surface area (Å²) in [5.74, 6) is -0.704. The molecule has 1 saturated carbocycles. The molecule has 0 spiro atoms. The number of pyridine rings is 1. The summed E-state index contributed by atoms with van der Waals surface area (Å²) in [7, 11) is 1.63. The maximum Gasteiger partial charge on any atom is 0.223 e. The van der Waals surface area contributed by atoms with E-state index in [1.165, 1.54) is 21.9 Å². The lowest BCUT2D eigenvalue weighted by molar-refractivity contribution is -0.130. The number of hydrogen-bond donors (Lipinski definition) is 2. The number of benzene rings is 2. The van der Waals surface area contributed by atoms with Crippen molar-refractivity contribution in [2.75, 3.05) is 7.05 Å². The van der Waals surface area contributed by atoms with Gasteiger partial charge in [0.25, 0.3) is 0 Å². The highest BCUT2D eigenvalue weighted by Gasteiger charge is 2.40. The van der Waals surface area contributed by atoms with Crippen LogP contribution in [-0.4, -0.2) is 24.2 Å². The summed E-state index contributed by atoms with van der Waals surface area (Å²) in [4.78, 5) is 29.2. The molecule has 0 saturated heterocycles. The minimum Gasteiger partial charge on any atom is -0.377 e. The van der Waals surface area contributed by atoms with Crippen LogP contribution in [0, 0.1) is 30.6 Å². The molecule has 5 atom stereocenters. The van der Waals surface area contributed by atoms with Crippen molar-refractivity contribution < 1.29 is 9.59 Å². The lowest BCUT2D eigenvalue weighted by Gasteiger charge is -2.38. The molecule has 0 bridgehead atoms. The van der Waals surface area contributed by atoms with Crippen molar-refractivity contribution in [1.82, 2.24) is 15.6 Å². The molecule has 1 fully saturated rings.